The van der Waals surface area contributed by atoms with Crippen molar-refractivity contribution in [3.05, 3.63) is 77.8 Å². The highest BCUT2D eigenvalue weighted by Gasteiger charge is 2.14. The van der Waals surface area contributed by atoms with E-state index in [1.807, 2.05) is 12.1 Å². The van der Waals surface area contributed by atoms with Crippen LogP contribution in [0.4, 0.5) is 5.69 Å². The number of nitrogens with one attached hydrogen (secondary N) is 1. The monoisotopic (exact) mass is 389 g/mol. The fourth-order valence-corrected chi connectivity index (χ4v) is 3.43. The first-order chi connectivity index (χ1) is 12.5. The molecule has 3 aromatic carbocycles. The van der Waals surface area contributed by atoms with Gasteiger partial charge in [-0.05, 0) is 60.7 Å². The summed E-state index contributed by atoms with van der Waals surface area (Å²) in [4.78, 5) is 0.135. The lowest BCUT2D eigenvalue weighted by Crippen LogP contribution is -2.12. The van der Waals surface area contributed by atoms with Gasteiger partial charge in [0.25, 0.3) is 10.0 Å². The van der Waals surface area contributed by atoms with Crippen LogP contribution in [0, 0.1) is 0 Å². The minimum Gasteiger partial charge on any atom is -0.493 e. The number of halogens is 1. The minimum absolute atomic E-state index is 0.135. The number of para-hydroxylation sites is 2. The molecule has 0 saturated heterocycles. The molecule has 0 fully saturated rings. The molecule has 0 aliphatic carbocycles. The maximum Gasteiger partial charge on any atom is 0.261 e. The topological polar surface area (TPSA) is 64.6 Å². The lowest BCUT2D eigenvalue weighted by molar-refractivity contribution is 0.379. The van der Waals surface area contributed by atoms with Crippen LogP contribution in [0.5, 0.6) is 17.2 Å². The third kappa shape index (κ3) is 4.28. The molecule has 3 aromatic rings. The van der Waals surface area contributed by atoms with Gasteiger partial charge >= 0.3 is 0 Å². The Hall–Kier alpha value is -2.70. The molecule has 0 saturated carbocycles. The van der Waals surface area contributed by atoms with Crippen molar-refractivity contribution in [2.24, 2.45) is 0 Å². The quantitative estimate of drug-likeness (QED) is 0.648. The van der Waals surface area contributed by atoms with Gasteiger partial charge in [-0.2, -0.15) is 0 Å². The number of sulfonamides is 1. The van der Waals surface area contributed by atoms with E-state index in [0.717, 1.165) is 0 Å². The van der Waals surface area contributed by atoms with Gasteiger partial charge in [0.1, 0.15) is 5.75 Å². The molecule has 1 N–H and O–H groups in total. The lowest BCUT2D eigenvalue weighted by atomic mass is 10.3. The van der Waals surface area contributed by atoms with E-state index in [0.29, 0.717) is 28.0 Å². The summed E-state index contributed by atoms with van der Waals surface area (Å²) >= 11 is 5.79. The molecule has 0 aliphatic heterocycles. The molecule has 7 heteroatoms. The molecule has 26 heavy (non-hydrogen) atoms. The second-order valence-electron chi connectivity index (χ2n) is 5.34. The Labute approximate surface area is 157 Å². The third-order valence-corrected chi connectivity index (χ3v) is 5.18. The van der Waals surface area contributed by atoms with Crippen LogP contribution in [0.15, 0.2) is 77.7 Å². The standard InChI is InChI=1S/C19H16ClNO4S/c1-24-18-4-2-3-5-19(18)25-16-10-8-15(9-11-16)21-26(22,23)17-12-6-14(20)7-13-17/h2-13,21H,1H3. The maximum atomic E-state index is 12.4. The summed E-state index contributed by atoms with van der Waals surface area (Å²) in [5.74, 6) is 1.74. The Balaban J connectivity index is 1.74. The van der Waals surface area contributed by atoms with Crippen LogP contribution in [0.25, 0.3) is 0 Å². The molecule has 0 unspecified atom stereocenters. The summed E-state index contributed by atoms with van der Waals surface area (Å²) in [6.07, 6.45) is 0. The third-order valence-electron chi connectivity index (χ3n) is 3.53. The van der Waals surface area contributed by atoms with Gasteiger partial charge in [0.05, 0.1) is 12.0 Å². The van der Waals surface area contributed by atoms with E-state index in [-0.39, 0.29) is 4.90 Å². The van der Waals surface area contributed by atoms with Crippen LogP contribution in [-0.4, -0.2) is 15.5 Å². The summed E-state index contributed by atoms with van der Waals surface area (Å²) in [6.45, 7) is 0. The van der Waals surface area contributed by atoms with Crippen LogP contribution in [0.1, 0.15) is 0 Å². The van der Waals surface area contributed by atoms with Gasteiger partial charge in [0.15, 0.2) is 11.5 Å². The van der Waals surface area contributed by atoms with Crippen LogP contribution in [-0.2, 0) is 10.0 Å². The largest absolute Gasteiger partial charge is 0.493 e. The predicted octanol–water partition coefficient (Wildman–Crippen LogP) is 4.94. The average molecular weight is 390 g/mol. The number of methoxy groups -OCH3 is 1. The van der Waals surface area contributed by atoms with Crippen molar-refractivity contribution in [1.29, 1.82) is 0 Å². The van der Waals surface area contributed by atoms with Crippen LogP contribution < -0.4 is 14.2 Å². The van der Waals surface area contributed by atoms with Crippen LogP contribution in [0.2, 0.25) is 5.02 Å². The summed E-state index contributed by atoms with van der Waals surface area (Å²) < 4.78 is 38.3. The summed E-state index contributed by atoms with van der Waals surface area (Å²) in [5, 5.41) is 0.474. The van der Waals surface area contributed by atoms with Crippen molar-refractivity contribution in [2.75, 3.05) is 11.8 Å². The molecule has 0 aliphatic rings. The molecule has 0 radical (unpaired) electrons. The Kier molecular flexibility index (Phi) is 5.35. The molecule has 134 valence electrons. The van der Waals surface area contributed by atoms with Gasteiger partial charge in [-0.3, -0.25) is 4.72 Å². The van der Waals surface area contributed by atoms with E-state index in [1.165, 1.54) is 24.3 Å². The van der Waals surface area contributed by atoms with Crippen molar-refractivity contribution in [1.82, 2.24) is 0 Å². The van der Waals surface area contributed by atoms with Gasteiger partial charge in [0, 0.05) is 10.7 Å². The molecule has 0 heterocycles. The highest BCUT2D eigenvalue weighted by molar-refractivity contribution is 7.92. The number of anilines is 1. The van der Waals surface area contributed by atoms with Crippen LogP contribution in [0.3, 0.4) is 0 Å². The van der Waals surface area contributed by atoms with Gasteiger partial charge in [-0.1, -0.05) is 23.7 Å². The van der Waals surface area contributed by atoms with E-state index < -0.39 is 10.0 Å². The molecular weight excluding hydrogens is 374 g/mol. The van der Waals surface area contributed by atoms with E-state index in [1.54, 1.807) is 43.5 Å². The van der Waals surface area contributed by atoms with E-state index >= 15 is 0 Å². The van der Waals surface area contributed by atoms with Gasteiger partial charge < -0.3 is 9.47 Å². The average Bonchev–Trinajstić information content (AvgIpc) is 2.64. The van der Waals surface area contributed by atoms with E-state index in [4.69, 9.17) is 21.1 Å². The van der Waals surface area contributed by atoms with Crippen molar-refractivity contribution in [2.45, 2.75) is 4.90 Å². The van der Waals surface area contributed by atoms with Gasteiger partial charge in [-0.15, -0.1) is 0 Å². The van der Waals surface area contributed by atoms with E-state index in [2.05, 4.69) is 4.72 Å². The van der Waals surface area contributed by atoms with Crippen LogP contribution >= 0.6 is 11.6 Å². The summed E-state index contributed by atoms with van der Waals surface area (Å²) in [7, 11) is -2.12. The molecule has 0 amide bonds. The highest BCUT2D eigenvalue weighted by Crippen LogP contribution is 2.31. The first-order valence-electron chi connectivity index (χ1n) is 7.67. The molecule has 0 spiro atoms. The van der Waals surface area contributed by atoms with E-state index in [9.17, 15) is 8.42 Å². The van der Waals surface area contributed by atoms with Gasteiger partial charge in [-0.25, -0.2) is 8.42 Å². The predicted molar refractivity (Wildman–Crippen MR) is 102 cm³/mol. The number of benzene rings is 3. The number of rotatable bonds is 6. The van der Waals surface area contributed by atoms with Crippen molar-refractivity contribution in [3.8, 4) is 17.2 Å². The Morgan fingerprint density at radius 1 is 0.846 bits per heavy atom. The molecule has 0 atom stereocenters. The minimum atomic E-state index is -3.68. The molecule has 0 bridgehead atoms. The SMILES string of the molecule is COc1ccccc1Oc1ccc(NS(=O)(=O)c2ccc(Cl)cc2)cc1. The normalized spacial score (nSPS) is 11.0. The first kappa shape index (κ1) is 18.1. The Morgan fingerprint density at radius 3 is 2.08 bits per heavy atom. The maximum absolute atomic E-state index is 12.4. The smallest absolute Gasteiger partial charge is 0.261 e. The Bertz CT molecular complexity index is 987. The summed E-state index contributed by atoms with van der Waals surface area (Å²) in [6, 6.07) is 19.8. The lowest BCUT2D eigenvalue weighted by Gasteiger charge is -2.11. The molecule has 0 aromatic heterocycles. The fraction of sp³-hybridized carbons (Fsp3) is 0.0526. The summed E-state index contributed by atoms with van der Waals surface area (Å²) in [5.41, 5.74) is 0.423. The number of ether oxygens (including phenoxy) is 2. The van der Waals surface area contributed by atoms with Gasteiger partial charge in [0.2, 0.25) is 0 Å². The number of hydrogen-bond donors (Lipinski definition) is 1. The Morgan fingerprint density at radius 2 is 1.46 bits per heavy atom. The zero-order valence-electron chi connectivity index (χ0n) is 13.8. The zero-order valence-corrected chi connectivity index (χ0v) is 15.4. The van der Waals surface area contributed by atoms with Crippen molar-refractivity contribution < 1.29 is 17.9 Å². The molecular formula is C19H16ClNO4S. The fourth-order valence-electron chi connectivity index (χ4n) is 2.25. The second-order valence-corrected chi connectivity index (χ2v) is 7.46. The molecule has 5 nitrogen and oxygen atoms in total. The number of hydrogen-bond acceptors (Lipinski definition) is 4. The first-order valence-corrected chi connectivity index (χ1v) is 9.53. The zero-order chi connectivity index (χ0) is 18.6. The highest BCUT2D eigenvalue weighted by atomic mass is 35.5. The second kappa shape index (κ2) is 7.68. The van der Waals surface area contributed by atoms with Crippen molar-refractivity contribution >= 4 is 27.3 Å². The van der Waals surface area contributed by atoms with Crippen molar-refractivity contribution in [3.63, 3.8) is 0 Å². The molecule has 3 rings (SSSR count).